The lowest BCUT2D eigenvalue weighted by Gasteiger charge is -2.41. The maximum absolute atomic E-state index is 12.8. The quantitative estimate of drug-likeness (QED) is 0.0152. The van der Waals surface area contributed by atoms with Crippen molar-refractivity contribution in [2.75, 3.05) is 19.8 Å². The minimum Gasteiger partial charge on any atom is -0.457 e. The third kappa shape index (κ3) is 26.7. The molecule has 1 aliphatic rings. The van der Waals surface area contributed by atoms with Gasteiger partial charge in [0.2, 0.25) is 0 Å². The first-order chi connectivity index (χ1) is 27.0. The summed E-state index contributed by atoms with van der Waals surface area (Å²) >= 11 is 0. The summed E-state index contributed by atoms with van der Waals surface area (Å²) in [6.07, 6.45) is 25.3. The van der Waals surface area contributed by atoms with Crippen LogP contribution in [-0.4, -0.2) is 98.9 Å². The number of hydrogen-bond acceptors (Lipinski definition) is 11. The van der Waals surface area contributed by atoms with Gasteiger partial charge >= 0.3 is 13.8 Å². The van der Waals surface area contributed by atoms with Gasteiger partial charge in [-0.1, -0.05) is 154 Å². The van der Waals surface area contributed by atoms with E-state index in [1.165, 1.54) is 89.9 Å². The summed E-state index contributed by atoms with van der Waals surface area (Å²) in [5.41, 5.74) is 0. The summed E-state index contributed by atoms with van der Waals surface area (Å²) in [4.78, 5) is 23.1. The molecule has 13 heteroatoms. The number of esters is 1. The molecule has 330 valence electrons. The van der Waals surface area contributed by atoms with Gasteiger partial charge in [0.05, 0.1) is 13.2 Å². The van der Waals surface area contributed by atoms with E-state index in [2.05, 4.69) is 38.2 Å². The van der Waals surface area contributed by atoms with Gasteiger partial charge in [0.15, 0.2) is 0 Å². The van der Waals surface area contributed by atoms with E-state index in [0.29, 0.717) is 13.0 Å². The van der Waals surface area contributed by atoms with Crippen molar-refractivity contribution < 1.29 is 58.3 Å². The zero-order valence-electron chi connectivity index (χ0n) is 34.9. The molecule has 0 aromatic rings. The van der Waals surface area contributed by atoms with Crippen LogP contribution in [0.2, 0.25) is 0 Å². The molecule has 0 aliphatic heterocycles. The van der Waals surface area contributed by atoms with E-state index in [1.807, 2.05) is 0 Å². The summed E-state index contributed by atoms with van der Waals surface area (Å²) < 4.78 is 34.1. The Morgan fingerprint density at radius 3 is 1.54 bits per heavy atom. The van der Waals surface area contributed by atoms with Gasteiger partial charge in [-0.2, -0.15) is 0 Å². The van der Waals surface area contributed by atoms with Gasteiger partial charge in [-0.05, 0) is 44.9 Å². The Morgan fingerprint density at radius 2 is 1.00 bits per heavy atom. The fourth-order valence-corrected chi connectivity index (χ4v) is 7.71. The monoisotopic (exact) mass is 821 g/mol. The fourth-order valence-electron chi connectivity index (χ4n) is 6.74. The zero-order chi connectivity index (χ0) is 41.3. The van der Waals surface area contributed by atoms with E-state index < -0.39 is 63.1 Å². The van der Waals surface area contributed by atoms with Crippen molar-refractivity contribution in [2.45, 2.75) is 224 Å². The van der Waals surface area contributed by atoms with E-state index in [-0.39, 0.29) is 13.0 Å². The molecule has 0 bridgehead atoms. The third-order valence-corrected chi connectivity index (χ3v) is 11.3. The van der Waals surface area contributed by atoms with Crippen molar-refractivity contribution in [2.24, 2.45) is 0 Å². The normalized spacial score (nSPS) is 23.2. The Balaban J connectivity index is 2.43. The highest BCUT2D eigenvalue weighted by molar-refractivity contribution is 7.47. The molecule has 6 N–H and O–H groups in total. The molecular weight excluding hydrogens is 739 g/mol. The molecule has 0 aromatic carbocycles. The van der Waals surface area contributed by atoms with Gasteiger partial charge in [0.1, 0.15) is 42.7 Å². The lowest BCUT2D eigenvalue weighted by Crippen LogP contribution is -2.64. The summed E-state index contributed by atoms with van der Waals surface area (Å²) in [5.74, 6) is -0.489. The first-order valence-corrected chi connectivity index (χ1v) is 23.7. The van der Waals surface area contributed by atoms with Crippen LogP contribution >= 0.6 is 7.82 Å². The number of carbonyl (C=O) groups is 1. The molecule has 6 atom stereocenters. The Morgan fingerprint density at radius 1 is 0.571 bits per heavy atom. The maximum Gasteiger partial charge on any atom is 0.472 e. The molecule has 1 saturated carbocycles. The second-order valence-electron chi connectivity index (χ2n) is 15.6. The van der Waals surface area contributed by atoms with Crippen molar-refractivity contribution in [3.63, 3.8) is 0 Å². The molecule has 0 saturated heterocycles. The topological polar surface area (TPSA) is 192 Å². The largest absolute Gasteiger partial charge is 0.472 e. The van der Waals surface area contributed by atoms with Crippen LogP contribution in [0.1, 0.15) is 181 Å². The molecule has 0 heterocycles. The Bertz CT molecular complexity index is 1030. The third-order valence-electron chi connectivity index (χ3n) is 10.3. The van der Waals surface area contributed by atoms with Crippen molar-refractivity contribution in [3.8, 4) is 0 Å². The molecule has 1 fully saturated rings. The number of ether oxygens (including phenoxy) is 2. The molecule has 0 amide bonds. The highest BCUT2D eigenvalue weighted by atomic mass is 31.2. The number of aliphatic hydroxyl groups is 5. The van der Waals surface area contributed by atoms with E-state index in [0.717, 1.165) is 64.2 Å². The van der Waals surface area contributed by atoms with Crippen LogP contribution in [-0.2, 0) is 27.9 Å². The standard InChI is InChI=1S/C43H81O12P/c1-3-5-7-9-11-13-15-17-19-20-22-24-26-28-30-32-37(44)54-36(34-52-33-31-29-27-25-23-21-18-16-14-12-10-8-6-4-2)35-53-56(50,51)55-43-41(48)39(46)38(45)40(47)42(43)49/h11,13,17,19,36,38-43,45-49H,3-10,12,14-16,18,20-35H2,1-2H3,(H,50,51)/b13-11-,19-17-. The second-order valence-corrected chi connectivity index (χ2v) is 17.0. The summed E-state index contributed by atoms with van der Waals surface area (Å²) in [6, 6.07) is 0. The van der Waals surface area contributed by atoms with E-state index in [4.69, 9.17) is 18.5 Å². The van der Waals surface area contributed by atoms with E-state index >= 15 is 0 Å². The van der Waals surface area contributed by atoms with Crippen molar-refractivity contribution >= 4 is 13.8 Å². The molecule has 1 rings (SSSR count). The van der Waals surface area contributed by atoms with Crippen LogP contribution in [0.3, 0.4) is 0 Å². The average Bonchev–Trinajstić information content (AvgIpc) is 3.18. The lowest BCUT2D eigenvalue weighted by atomic mass is 9.85. The van der Waals surface area contributed by atoms with E-state index in [9.17, 15) is 39.8 Å². The van der Waals surface area contributed by atoms with Crippen LogP contribution in [0.5, 0.6) is 0 Å². The van der Waals surface area contributed by atoms with Crippen molar-refractivity contribution in [3.05, 3.63) is 24.3 Å². The Kier molecular flexibility index (Phi) is 32.7. The number of phosphoric ester groups is 1. The van der Waals surface area contributed by atoms with Crippen LogP contribution in [0, 0.1) is 0 Å². The molecule has 12 nitrogen and oxygen atoms in total. The van der Waals surface area contributed by atoms with E-state index in [1.54, 1.807) is 0 Å². The predicted molar refractivity (Wildman–Crippen MR) is 221 cm³/mol. The minimum absolute atomic E-state index is 0.0787. The van der Waals surface area contributed by atoms with Gasteiger partial charge in [-0.15, -0.1) is 0 Å². The number of hydrogen-bond donors (Lipinski definition) is 6. The molecule has 1 aliphatic carbocycles. The number of aliphatic hydroxyl groups excluding tert-OH is 5. The summed E-state index contributed by atoms with van der Waals surface area (Å²) in [7, 11) is -5.01. The average molecular weight is 821 g/mol. The van der Waals surface area contributed by atoms with Crippen LogP contribution in [0.4, 0.5) is 0 Å². The highest BCUT2D eigenvalue weighted by Gasteiger charge is 2.51. The zero-order valence-corrected chi connectivity index (χ0v) is 35.8. The molecule has 56 heavy (non-hydrogen) atoms. The van der Waals surface area contributed by atoms with Gasteiger partial charge in [-0.3, -0.25) is 13.8 Å². The number of carbonyl (C=O) groups excluding carboxylic acids is 1. The van der Waals surface area contributed by atoms with Crippen molar-refractivity contribution in [1.82, 2.24) is 0 Å². The molecule has 0 aromatic heterocycles. The number of phosphoric acid groups is 1. The van der Waals surface area contributed by atoms with Crippen LogP contribution in [0.15, 0.2) is 24.3 Å². The lowest BCUT2D eigenvalue weighted by molar-refractivity contribution is -0.220. The smallest absolute Gasteiger partial charge is 0.457 e. The predicted octanol–water partition coefficient (Wildman–Crippen LogP) is 8.53. The number of unbranched alkanes of at least 4 members (excludes halogenated alkanes) is 21. The van der Waals surface area contributed by atoms with Gasteiger partial charge < -0.3 is 39.9 Å². The molecular formula is C43H81O12P. The van der Waals surface area contributed by atoms with Crippen LogP contribution in [0.25, 0.3) is 0 Å². The first kappa shape index (κ1) is 52.8. The Hall–Kier alpha value is -1.18. The molecule has 0 spiro atoms. The summed E-state index contributed by atoms with van der Waals surface area (Å²) in [6.45, 7) is 4.22. The molecule has 0 radical (unpaired) electrons. The highest BCUT2D eigenvalue weighted by Crippen LogP contribution is 2.47. The number of rotatable bonds is 37. The molecule has 6 unspecified atom stereocenters. The number of allylic oxidation sites excluding steroid dienone is 4. The first-order valence-electron chi connectivity index (χ1n) is 22.2. The SMILES string of the molecule is CCCCC/C=C\C/C=C\CCCCCCCC(=O)OC(COCCCCCCCCCCCCCCCC)COP(=O)(O)OC1C(O)C(O)C(O)C(O)C1O. The van der Waals surface area contributed by atoms with Gasteiger partial charge in [0.25, 0.3) is 0 Å². The maximum atomic E-state index is 12.8. The Labute approximate surface area is 339 Å². The second kappa shape index (κ2) is 34.7. The van der Waals surface area contributed by atoms with Crippen LogP contribution < -0.4 is 0 Å². The summed E-state index contributed by atoms with van der Waals surface area (Å²) in [5, 5.41) is 50.1. The van der Waals surface area contributed by atoms with Gasteiger partial charge in [0, 0.05) is 13.0 Å². The van der Waals surface area contributed by atoms with Crippen molar-refractivity contribution in [1.29, 1.82) is 0 Å². The fraction of sp³-hybridized carbons (Fsp3) is 0.884. The van der Waals surface area contributed by atoms with Gasteiger partial charge in [-0.25, -0.2) is 4.57 Å². The minimum atomic E-state index is -5.01.